The third-order valence-corrected chi connectivity index (χ3v) is 2.18. The van der Waals surface area contributed by atoms with Crippen LogP contribution < -0.4 is 10.1 Å². The number of carbonyl (C=O) groups excluding carboxylic acids is 2. The van der Waals surface area contributed by atoms with E-state index >= 15 is 0 Å². The van der Waals surface area contributed by atoms with Crippen molar-refractivity contribution in [3.8, 4) is 5.75 Å². The summed E-state index contributed by atoms with van der Waals surface area (Å²) < 4.78 is 23.1. The number of methoxy groups -OCH3 is 1. The summed E-state index contributed by atoms with van der Waals surface area (Å²) >= 11 is 0. The molecule has 104 valence electrons. The first-order valence-corrected chi connectivity index (χ1v) is 5.74. The number of amides is 1. The predicted molar refractivity (Wildman–Crippen MR) is 66.5 cm³/mol. The van der Waals surface area contributed by atoms with E-state index in [-0.39, 0.29) is 11.6 Å². The zero-order chi connectivity index (χ0) is 14.4. The van der Waals surface area contributed by atoms with Crippen LogP contribution in [0, 0.1) is 5.82 Å². The molecule has 0 aromatic heterocycles. The monoisotopic (exact) mass is 269 g/mol. The summed E-state index contributed by atoms with van der Waals surface area (Å²) in [5.41, 5.74) is -0.238. The molecule has 0 bridgehead atoms. The fourth-order valence-electron chi connectivity index (χ4n) is 1.36. The number of rotatable bonds is 5. The molecule has 19 heavy (non-hydrogen) atoms. The predicted octanol–water partition coefficient (Wildman–Crippen LogP) is 1.52. The van der Waals surface area contributed by atoms with Gasteiger partial charge in [0.1, 0.15) is 11.6 Å². The van der Waals surface area contributed by atoms with Gasteiger partial charge in [-0.3, -0.25) is 4.79 Å². The second kappa shape index (κ2) is 6.72. The molecule has 0 saturated carbocycles. The second-order valence-electron chi connectivity index (χ2n) is 4.14. The van der Waals surface area contributed by atoms with Crippen LogP contribution in [0.5, 0.6) is 5.75 Å². The molecule has 6 heteroatoms. The number of hydrogen-bond donors (Lipinski definition) is 1. The summed E-state index contributed by atoms with van der Waals surface area (Å²) in [7, 11) is 1.39. The standard InChI is InChI=1S/C13H16FNO4/c1-8(2)15-12(16)7-19-13(17)10-5-4-9(18-3)6-11(10)14/h4-6,8H,7H2,1-3H3,(H,15,16). The third kappa shape index (κ3) is 4.57. The van der Waals surface area contributed by atoms with Gasteiger partial charge in [-0.1, -0.05) is 0 Å². The van der Waals surface area contributed by atoms with Gasteiger partial charge in [0.25, 0.3) is 5.91 Å². The van der Waals surface area contributed by atoms with E-state index in [0.717, 1.165) is 6.07 Å². The van der Waals surface area contributed by atoms with Gasteiger partial charge in [0.15, 0.2) is 6.61 Å². The molecule has 0 heterocycles. The molecule has 0 fully saturated rings. The highest BCUT2D eigenvalue weighted by atomic mass is 19.1. The number of halogens is 1. The molecule has 0 aliphatic rings. The van der Waals surface area contributed by atoms with E-state index < -0.39 is 24.3 Å². The second-order valence-corrected chi connectivity index (χ2v) is 4.14. The van der Waals surface area contributed by atoms with E-state index in [1.165, 1.54) is 19.2 Å². The minimum absolute atomic E-state index is 0.0519. The average molecular weight is 269 g/mol. The van der Waals surface area contributed by atoms with Crippen molar-refractivity contribution in [2.24, 2.45) is 0 Å². The number of ether oxygens (including phenoxy) is 2. The third-order valence-electron chi connectivity index (χ3n) is 2.18. The van der Waals surface area contributed by atoms with Gasteiger partial charge in [-0.05, 0) is 26.0 Å². The molecule has 0 spiro atoms. The van der Waals surface area contributed by atoms with Gasteiger partial charge in [-0.15, -0.1) is 0 Å². The Labute approximate surface area is 110 Å². The van der Waals surface area contributed by atoms with Gasteiger partial charge in [-0.2, -0.15) is 0 Å². The molecule has 0 radical (unpaired) electrons. The van der Waals surface area contributed by atoms with Gasteiger partial charge >= 0.3 is 5.97 Å². The summed E-state index contributed by atoms with van der Waals surface area (Å²) in [5, 5.41) is 2.55. The van der Waals surface area contributed by atoms with Crippen molar-refractivity contribution in [1.29, 1.82) is 0 Å². The van der Waals surface area contributed by atoms with Crippen LogP contribution >= 0.6 is 0 Å². The maximum Gasteiger partial charge on any atom is 0.341 e. The summed E-state index contributed by atoms with van der Waals surface area (Å²) in [6.07, 6.45) is 0. The molecule has 1 N–H and O–H groups in total. The zero-order valence-electron chi connectivity index (χ0n) is 11.0. The average Bonchev–Trinajstić information content (AvgIpc) is 2.35. The Morgan fingerprint density at radius 1 is 1.37 bits per heavy atom. The molecule has 0 aliphatic carbocycles. The highest BCUT2D eigenvalue weighted by Gasteiger charge is 2.15. The Morgan fingerprint density at radius 2 is 2.05 bits per heavy atom. The number of benzene rings is 1. The Hall–Kier alpha value is -2.11. The molecule has 0 atom stereocenters. The lowest BCUT2D eigenvalue weighted by atomic mass is 10.2. The number of hydrogen-bond acceptors (Lipinski definition) is 4. The summed E-state index contributed by atoms with van der Waals surface area (Å²) in [6, 6.07) is 3.71. The highest BCUT2D eigenvalue weighted by Crippen LogP contribution is 2.16. The lowest BCUT2D eigenvalue weighted by molar-refractivity contribution is -0.124. The van der Waals surface area contributed by atoms with E-state index in [0.29, 0.717) is 5.75 Å². The SMILES string of the molecule is COc1ccc(C(=O)OCC(=O)NC(C)C)c(F)c1. The van der Waals surface area contributed by atoms with Gasteiger partial charge < -0.3 is 14.8 Å². The van der Waals surface area contributed by atoms with Crippen molar-refractivity contribution in [2.75, 3.05) is 13.7 Å². The van der Waals surface area contributed by atoms with Gasteiger partial charge in [0, 0.05) is 12.1 Å². The minimum Gasteiger partial charge on any atom is -0.497 e. The number of nitrogens with one attached hydrogen (secondary N) is 1. The molecular formula is C13H16FNO4. The molecule has 1 aromatic rings. The fraction of sp³-hybridized carbons (Fsp3) is 0.385. The largest absolute Gasteiger partial charge is 0.497 e. The van der Waals surface area contributed by atoms with E-state index in [2.05, 4.69) is 5.32 Å². The summed E-state index contributed by atoms with van der Waals surface area (Å²) in [5.74, 6) is -1.78. The van der Waals surface area contributed by atoms with Crippen LogP contribution in [0.2, 0.25) is 0 Å². The Kier molecular flexibility index (Phi) is 5.29. The highest BCUT2D eigenvalue weighted by molar-refractivity contribution is 5.91. The number of esters is 1. The summed E-state index contributed by atoms with van der Waals surface area (Å²) in [4.78, 5) is 22.8. The van der Waals surface area contributed by atoms with Crippen LogP contribution in [0.25, 0.3) is 0 Å². The molecule has 0 aliphatic heterocycles. The lowest BCUT2D eigenvalue weighted by Gasteiger charge is -2.09. The van der Waals surface area contributed by atoms with Crippen LogP contribution in [-0.4, -0.2) is 31.6 Å². The van der Waals surface area contributed by atoms with Crippen molar-refractivity contribution in [3.05, 3.63) is 29.6 Å². The molecule has 1 amide bonds. The van der Waals surface area contributed by atoms with Crippen LogP contribution in [0.4, 0.5) is 4.39 Å². The van der Waals surface area contributed by atoms with Crippen molar-refractivity contribution in [2.45, 2.75) is 19.9 Å². The first-order chi connectivity index (χ1) is 8.93. The molecule has 1 rings (SSSR count). The first kappa shape index (κ1) is 14.9. The van der Waals surface area contributed by atoms with Crippen molar-refractivity contribution in [3.63, 3.8) is 0 Å². The maximum atomic E-state index is 13.5. The van der Waals surface area contributed by atoms with Crippen LogP contribution in [-0.2, 0) is 9.53 Å². The Morgan fingerprint density at radius 3 is 2.58 bits per heavy atom. The lowest BCUT2D eigenvalue weighted by Crippen LogP contribution is -2.34. The van der Waals surface area contributed by atoms with E-state index in [9.17, 15) is 14.0 Å². The van der Waals surface area contributed by atoms with Gasteiger partial charge in [-0.25, -0.2) is 9.18 Å². The molecule has 0 unspecified atom stereocenters. The van der Waals surface area contributed by atoms with E-state index in [1.54, 1.807) is 13.8 Å². The summed E-state index contributed by atoms with van der Waals surface area (Å²) in [6.45, 7) is 3.12. The zero-order valence-corrected chi connectivity index (χ0v) is 11.0. The van der Waals surface area contributed by atoms with Gasteiger partial charge in [0.05, 0.1) is 12.7 Å². The van der Waals surface area contributed by atoms with Crippen molar-refractivity contribution in [1.82, 2.24) is 5.32 Å². The molecule has 1 aromatic carbocycles. The Balaban J connectivity index is 2.61. The Bertz CT molecular complexity index is 474. The van der Waals surface area contributed by atoms with Crippen LogP contribution in [0.15, 0.2) is 18.2 Å². The maximum absolute atomic E-state index is 13.5. The van der Waals surface area contributed by atoms with Crippen LogP contribution in [0.1, 0.15) is 24.2 Å². The van der Waals surface area contributed by atoms with Crippen molar-refractivity contribution < 1.29 is 23.5 Å². The van der Waals surface area contributed by atoms with Crippen LogP contribution in [0.3, 0.4) is 0 Å². The number of carbonyl (C=O) groups is 2. The first-order valence-electron chi connectivity index (χ1n) is 5.74. The van der Waals surface area contributed by atoms with Gasteiger partial charge in [0.2, 0.25) is 0 Å². The normalized spacial score (nSPS) is 10.2. The molecule has 0 saturated heterocycles. The smallest absolute Gasteiger partial charge is 0.341 e. The van der Waals surface area contributed by atoms with E-state index in [4.69, 9.17) is 9.47 Å². The molecular weight excluding hydrogens is 253 g/mol. The van der Waals surface area contributed by atoms with E-state index in [1.807, 2.05) is 0 Å². The quantitative estimate of drug-likeness (QED) is 0.823. The van der Waals surface area contributed by atoms with Crippen molar-refractivity contribution >= 4 is 11.9 Å². The topological polar surface area (TPSA) is 64.6 Å². The molecule has 5 nitrogen and oxygen atoms in total. The minimum atomic E-state index is -0.890. The fourth-order valence-corrected chi connectivity index (χ4v) is 1.36.